The van der Waals surface area contributed by atoms with Crippen LogP contribution in [-0.4, -0.2) is 24.1 Å². The zero-order chi connectivity index (χ0) is 40.0. The normalized spacial score (nSPS) is 11.9. The summed E-state index contributed by atoms with van der Waals surface area (Å²) in [5.74, 6) is 1.81. The summed E-state index contributed by atoms with van der Waals surface area (Å²) in [7, 11) is 0. The third-order valence-corrected chi connectivity index (χ3v) is 13.4. The lowest BCUT2D eigenvalue weighted by atomic mass is 10.0. The number of hydrogen-bond acceptors (Lipinski definition) is 4. The van der Waals surface area contributed by atoms with Crippen LogP contribution in [0.4, 0.5) is 0 Å². The Morgan fingerprint density at radius 2 is 0.885 bits per heavy atom. The zero-order valence-electron chi connectivity index (χ0n) is 32.7. The van der Waals surface area contributed by atoms with E-state index in [1.54, 1.807) is 0 Å². The molecule has 4 heterocycles. The van der Waals surface area contributed by atoms with Crippen molar-refractivity contribution in [2.75, 3.05) is 0 Å². The van der Waals surface area contributed by atoms with Crippen molar-refractivity contribution in [2.45, 2.75) is 0 Å². The first-order valence-corrected chi connectivity index (χ1v) is 21.3. The number of hydrogen-bond donors (Lipinski definition) is 0. The van der Waals surface area contributed by atoms with E-state index in [0.717, 1.165) is 55.0 Å². The molecular formula is C55H33N5S. The average Bonchev–Trinajstić information content (AvgIpc) is 3.99. The summed E-state index contributed by atoms with van der Waals surface area (Å²) in [6.45, 7) is 0. The van der Waals surface area contributed by atoms with Crippen molar-refractivity contribution in [3.63, 3.8) is 0 Å². The van der Waals surface area contributed by atoms with Gasteiger partial charge in [-0.25, -0.2) is 4.98 Å². The van der Waals surface area contributed by atoms with Crippen LogP contribution in [0.25, 0.3) is 120 Å². The van der Waals surface area contributed by atoms with Crippen molar-refractivity contribution in [3.05, 3.63) is 200 Å². The van der Waals surface area contributed by atoms with Gasteiger partial charge in [-0.3, -0.25) is 4.57 Å². The highest BCUT2D eigenvalue weighted by Crippen LogP contribution is 2.43. The number of benzene rings is 9. The molecule has 0 spiro atoms. The fraction of sp³-hybridized carbons (Fsp3) is 0. The molecule has 0 saturated carbocycles. The highest BCUT2D eigenvalue weighted by Gasteiger charge is 2.21. The number of rotatable bonds is 5. The molecule has 284 valence electrons. The van der Waals surface area contributed by atoms with Crippen LogP contribution in [0.15, 0.2) is 200 Å². The zero-order valence-corrected chi connectivity index (χ0v) is 33.5. The van der Waals surface area contributed by atoms with E-state index in [1.807, 2.05) is 11.3 Å². The molecule has 5 nitrogen and oxygen atoms in total. The van der Waals surface area contributed by atoms with Crippen LogP contribution in [0.1, 0.15) is 0 Å². The van der Waals surface area contributed by atoms with Crippen molar-refractivity contribution in [2.24, 2.45) is 0 Å². The Kier molecular flexibility index (Phi) is 7.41. The molecule has 4 aromatic heterocycles. The van der Waals surface area contributed by atoms with Gasteiger partial charge in [0.25, 0.3) is 0 Å². The van der Waals surface area contributed by atoms with Gasteiger partial charge in [0.15, 0.2) is 11.6 Å². The van der Waals surface area contributed by atoms with Crippen LogP contribution in [0.5, 0.6) is 0 Å². The number of thiophene rings is 1. The maximum Gasteiger partial charge on any atom is 0.238 e. The standard InChI is InChI=1S/C55H33N5S/c1-2-15-35-32-36(29-28-34(35)14-1)53-56-54(58-55(57-53)60-48-25-10-4-16-38(48)39-17-5-11-26-49(39)60)37-30-31-42-40-18-3-8-23-46(40)59(50(42)33-37)47-24-9-6-19-41(47)44-21-13-22-45-43-20-7-12-27-51(43)61-52(44)45/h1-33H. The lowest BCUT2D eigenvalue weighted by Crippen LogP contribution is -2.06. The minimum atomic E-state index is 0.577. The van der Waals surface area contributed by atoms with Gasteiger partial charge in [-0.05, 0) is 53.2 Å². The third kappa shape index (κ3) is 5.22. The predicted octanol–water partition coefficient (Wildman–Crippen LogP) is 14.6. The van der Waals surface area contributed by atoms with Gasteiger partial charge in [-0.15, -0.1) is 11.3 Å². The smallest absolute Gasteiger partial charge is 0.238 e. The Balaban J connectivity index is 1.07. The molecular weight excluding hydrogens is 763 g/mol. The summed E-state index contributed by atoms with van der Waals surface area (Å²) in [6, 6.07) is 71.5. The van der Waals surface area contributed by atoms with Crippen LogP contribution < -0.4 is 0 Å². The van der Waals surface area contributed by atoms with Crippen LogP contribution >= 0.6 is 11.3 Å². The molecule has 13 aromatic rings. The van der Waals surface area contributed by atoms with E-state index in [2.05, 4.69) is 209 Å². The minimum absolute atomic E-state index is 0.577. The van der Waals surface area contributed by atoms with E-state index in [-0.39, 0.29) is 0 Å². The summed E-state index contributed by atoms with van der Waals surface area (Å²) in [6.07, 6.45) is 0. The van der Waals surface area contributed by atoms with E-state index in [4.69, 9.17) is 15.0 Å². The number of fused-ring (bicyclic) bond motifs is 10. The van der Waals surface area contributed by atoms with Crippen molar-refractivity contribution in [3.8, 4) is 45.5 Å². The second-order valence-corrected chi connectivity index (χ2v) is 16.6. The van der Waals surface area contributed by atoms with E-state index < -0.39 is 0 Å². The Labute approximate surface area is 354 Å². The van der Waals surface area contributed by atoms with Crippen molar-refractivity contribution in [1.82, 2.24) is 24.1 Å². The molecule has 0 fully saturated rings. The Bertz CT molecular complexity index is 3850. The van der Waals surface area contributed by atoms with Gasteiger partial charge in [0.05, 0.1) is 27.8 Å². The summed E-state index contributed by atoms with van der Waals surface area (Å²) in [5.41, 5.74) is 9.69. The summed E-state index contributed by atoms with van der Waals surface area (Å²) < 4.78 is 7.20. The highest BCUT2D eigenvalue weighted by molar-refractivity contribution is 7.26. The highest BCUT2D eigenvalue weighted by atomic mass is 32.1. The van der Waals surface area contributed by atoms with Crippen molar-refractivity contribution < 1.29 is 0 Å². The van der Waals surface area contributed by atoms with Crippen molar-refractivity contribution in [1.29, 1.82) is 0 Å². The molecule has 6 heteroatoms. The van der Waals surface area contributed by atoms with Gasteiger partial charge in [-0.2, -0.15) is 9.97 Å². The largest absolute Gasteiger partial charge is 0.309 e. The molecule has 0 atom stereocenters. The molecule has 0 amide bonds. The molecule has 9 aromatic carbocycles. The van der Waals surface area contributed by atoms with Gasteiger partial charge in [-0.1, -0.05) is 158 Å². The molecule has 0 aliphatic heterocycles. The lowest BCUT2D eigenvalue weighted by Gasteiger charge is -2.15. The second-order valence-electron chi connectivity index (χ2n) is 15.6. The van der Waals surface area contributed by atoms with Gasteiger partial charge in [0, 0.05) is 64.0 Å². The Morgan fingerprint density at radius 1 is 0.344 bits per heavy atom. The predicted molar refractivity (Wildman–Crippen MR) is 255 cm³/mol. The summed E-state index contributed by atoms with van der Waals surface area (Å²) in [5, 5.41) is 9.56. The molecule has 0 unspecified atom stereocenters. The molecule has 0 aliphatic carbocycles. The topological polar surface area (TPSA) is 48.5 Å². The van der Waals surface area contributed by atoms with E-state index in [0.29, 0.717) is 17.6 Å². The lowest BCUT2D eigenvalue weighted by molar-refractivity contribution is 0.954. The second kappa shape index (κ2) is 13.3. The Hall–Kier alpha value is -7.93. The Morgan fingerprint density at radius 3 is 1.64 bits per heavy atom. The molecule has 0 bridgehead atoms. The molecule has 0 saturated heterocycles. The number of aromatic nitrogens is 5. The molecule has 0 N–H and O–H groups in total. The maximum atomic E-state index is 5.35. The molecule has 0 radical (unpaired) electrons. The quantitative estimate of drug-likeness (QED) is 0.174. The summed E-state index contributed by atoms with van der Waals surface area (Å²) >= 11 is 1.86. The van der Waals surface area contributed by atoms with Crippen LogP contribution in [0.2, 0.25) is 0 Å². The first-order valence-electron chi connectivity index (χ1n) is 20.5. The van der Waals surface area contributed by atoms with Crippen LogP contribution in [-0.2, 0) is 0 Å². The van der Waals surface area contributed by atoms with Gasteiger partial charge >= 0.3 is 0 Å². The van der Waals surface area contributed by atoms with Gasteiger partial charge < -0.3 is 4.57 Å². The molecule has 61 heavy (non-hydrogen) atoms. The number of para-hydroxylation sites is 4. The average molecular weight is 796 g/mol. The van der Waals surface area contributed by atoms with Gasteiger partial charge in [0.1, 0.15) is 0 Å². The SMILES string of the molecule is c1ccc(-n2c3ccccc3c3ccc(-c4nc(-c5ccc6ccccc6c5)nc(-n5c6ccccc6c6ccccc65)n4)cc32)c(-c2cccc3c2sc2ccccc23)c1. The van der Waals surface area contributed by atoms with E-state index >= 15 is 0 Å². The summed E-state index contributed by atoms with van der Waals surface area (Å²) in [4.78, 5) is 15.9. The minimum Gasteiger partial charge on any atom is -0.309 e. The van der Waals surface area contributed by atoms with Crippen molar-refractivity contribution >= 4 is 85.9 Å². The third-order valence-electron chi connectivity index (χ3n) is 12.2. The molecule has 0 aliphatic rings. The fourth-order valence-electron chi connectivity index (χ4n) is 9.41. The van der Waals surface area contributed by atoms with E-state index in [9.17, 15) is 0 Å². The van der Waals surface area contributed by atoms with Crippen LogP contribution in [0.3, 0.4) is 0 Å². The first-order chi connectivity index (χ1) is 30.2. The first kappa shape index (κ1) is 34.0. The monoisotopic (exact) mass is 795 g/mol. The van der Waals surface area contributed by atoms with Gasteiger partial charge in [0.2, 0.25) is 5.95 Å². The van der Waals surface area contributed by atoms with E-state index in [1.165, 1.54) is 47.5 Å². The fourth-order valence-corrected chi connectivity index (χ4v) is 10.6. The molecule has 13 rings (SSSR count). The van der Waals surface area contributed by atoms with Crippen LogP contribution in [0, 0.1) is 0 Å². The number of nitrogens with zero attached hydrogens (tertiary/aromatic N) is 5. The maximum absolute atomic E-state index is 5.35.